The van der Waals surface area contributed by atoms with Gasteiger partial charge in [-0.15, -0.1) is 10.2 Å². The molecule has 0 aliphatic heterocycles. The Bertz CT molecular complexity index is 1160. The lowest BCUT2D eigenvalue weighted by atomic mass is 9.91. The molecular weight excluding hydrogens is 432 g/mol. The highest BCUT2D eigenvalue weighted by Crippen LogP contribution is 2.36. The van der Waals surface area contributed by atoms with Crippen LogP contribution in [-0.4, -0.2) is 37.3 Å². The Morgan fingerprint density at radius 2 is 2.16 bits per heavy atom. The average molecular weight is 461 g/mol. The van der Waals surface area contributed by atoms with E-state index in [9.17, 15) is 14.1 Å². The topological polar surface area (TPSA) is 142 Å². The zero-order valence-corrected chi connectivity index (χ0v) is 19.2. The number of azo groups is 1. The highest BCUT2D eigenvalue weighted by atomic mass is 32.2. The molecule has 1 heterocycles. The van der Waals surface area contributed by atoms with E-state index in [-0.39, 0.29) is 35.2 Å². The molecule has 3 N–H and O–H groups in total. The molecule has 1 aliphatic rings. The van der Waals surface area contributed by atoms with E-state index in [1.54, 1.807) is 0 Å². The molecule has 32 heavy (non-hydrogen) atoms. The minimum atomic E-state index is -3.20. The van der Waals surface area contributed by atoms with Gasteiger partial charge in [0.15, 0.2) is 10.0 Å². The Morgan fingerprint density at radius 1 is 1.41 bits per heavy atom. The van der Waals surface area contributed by atoms with Crippen LogP contribution in [0, 0.1) is 18.6 Å². The number of hydrogen-bond donors (Lipinski definition) is 3. The van der Waals surface area contributed by atoms with Gasteiger partial charge in [-0.2, -0.15) is 5.10 Å². The summed E-state index contributed by atoms with van der Waals surface area (Å²) in [5.74, 6) is -0.260. The van der Waals surface area contributed by atoms with Gasteiger partial charge in [0.25, 0.3) is 0 Å². The van der Waals surface area contributed by atoms with Gasteiger partial charge < -0.3 is 14.6 Å². The van der Waals surface area contributed by atoms with Crippen LogP contribution in [0.25, 0.3) is 0 Å². The lowest BCUT2D eigenvalue weighted by Gasteiger charge is -2.30. The number of amides is 1. The molecule has 0 saturated heterocycles. The smallest absolute Gasteiger partial charge is 0.243 e. The first-order valence-corrected chi connectivity index (χ1v) is 12.1. The van der Waals surface area contributed by atoms with E-state index in [1.165, 1.54) is 24.3 Å². The maximum atomic E-state index is 11.7. The van der Waals surface area contributed by atoms with Crippen LogP contribution < -0.4 is 9.50 Å². The van der Waals surface area contributed by atoms with Crippen LogP contribution >= 0.6 is 0 Å². The summed E-state index contributed by atoms with van der Waals surface area (Å²) in [6.07, 6.45) is 6.06. The van der Waals surface area contributed by atoms with Crippen molar-refractivity contribution in [3.8, 4) is 11.5 Å². The van der Waals surface area contributed by atoms with Crippen molar-refractivity contribution in [2.45, 2.75) is 51.6 Å². The fraction of sp³-hybridized carbons (Fsp3) is 0.429. The second kappa shape index (κ2) is 9.51. The van der Waals surface area contributed by atoms with Crippen molar-refractivity contribution in [3.63, 3.8) is 0 Å². The number of hydrogen-bond acceptors (Lipinski definition) is 8. The molecule has 2 aromatic rings. The lowest BCUT2D eigenvalue weighted by molar-refractivity contribution is -0.117. The SMILES string of the molecule is C=CC(=O)NC1CCCC(n2nc(C)c(N=Nc3ccc(OS(C)(=N)=O)cc3O)c2C)C1. The number of nitrogens with one attached hydrogen (secondary N) is 2. The van der Waals surface area contributed by atoms with Crippen LogP contribution in [0.2, 0.25) is 0 Å². The predicted molar refractivity (Wildman–Crippen MR) is 121 cm³/mol. The third kappa shape index (κ3) is 5.72. The van der Waals surface area contributed by atoms with Crippen LogP contribution in [-0.2, 0) is 14.8 Å². The monoisotopic (exact) mass is 460 g/mol. The van der Waals surface area contributed by atoms with Crippen molar-refractivity contribution in [1.82, 2.24) is 15.1 Å². The number of aromatic nitrogens is 2. The predicted octanol–water partition coefficient (Wildman–Crippen LogP) is 4.38. The van der Waals surface area contributed by atoms with E-state index in [0.29, 0.717) is 11.4 Å². The normalized spacial score (nSPS) is 20.6. The highest BCUT2D eigenvalue weighted by Gasteiger charge is 2.27. The van der Waals surface area contributed by atoms with Gasteiger partial charge in [0.05, 0.1) is 23.7 Å². The number of phenols is 1. The summed E-state index contributed by atoms with van der Waals surface area (Å²) in [4.78, 5) is 11.7. The summed E-state index contributed by atoms with van der Waals surface area (Å²) >= 11 is 0. The van der Waals surface area contributed by atoms with Crippen molar-refractivity contribution >= 4 is 27.3 Å². The molecule has 1 saturated carbocycles. The average Bonchev–Trinajstić information content (AvgIpc) is 3.00. The molecule has 1 fully saturated rings. The van der Waals surface area contributed by atoms with Gasteiger partial charge in [-0.1, -0.05) is 6.58 Å². The number of rotatable bonds is 7. The summed E-state index contributed by atoms with van der Waals surface area (Å²) in [5, 5.41) is 26.2. The second-order valence-electron chi connectivity index (χ2n) is 7.90. The number of phenolic OH excluding ortho intramolecular Hbond substituents is 1. The Morgan fingerprint density at radius 3 is 2.81 bits per heavy atom. The van der Waals surface area contributed by atoms with Gasteiger partial charge in [-0.25, -0.2) is 8.99 Å². The minimum absolute atomic E-state index is 0.0763. The summed E-state index contributed by atoms with van der Waals surface area (Å²) in [5.41, 5.74) is 2.39. The number of carbonyl (C=O) groups is 1. The van der Waals surface area contributed by atoms with Crippen LogP contribution in [0.5, 0.6) is 11.5 Å². The lowest BCUT2D eigenvalue weighted by Crippen LogP contribution is -2.38. The number of aryl methyl sites for hydroxylation is 1. The summed E-state index contributed by atoms with van der Waals surface area (Å²) in [6, 6.07) is 4.40. The van der Waals surface area contributed by atoms with E-state index in [4.69, 9.17) is 8.96 Å². The quantitative estimate of drug-likeness (QED) is 0.415. The van der Waals surface area contributed by atoms with Crippen molar-refractivity contribution < 1.29 is 18.3 Å². The Balaban J connectivity index is 1.78. The molecule has 3 atom stereocenters. The van der Waals surface area contributed by atoms with Crippen molar-refractivity contribution in [3.05, 3.63) is 42.2 Å². The molecule has 172 valence electrons. The van der Waals surface area contributed by atoms with Crippen molar-refractivity contribution in [2.75, 3.05) is 6.26 Å². The van der Waals surface area contributed by atoms with E-state index < -0.39 is 10.0 Å². The van der Waals surface area contributed by atoms with Crippen LogP contribution in [0.3, 0.4) is 0 Å². The zero-order chi connectivity index (χ0) is 23.5. The summed E-state index contributed by atoms with van der Waals surface area (Å²) in [6.45, 7) is 7.27. The first-order valence-electron chi connectivity index (χ1n) is 10.2. The third-order valence-corrected chi connectivity index (χ3v) is 5.78. The first-order chi connectivity index (χ1) is 15.1. The molecule has 11 heteroatoms. The molecule has 10 nitrogen and oxygen atoms in total. The van der Waals surface area contributed by atoms with Crippen molar-refractivity contribution in [2.24, 2.45) is 10.2 Å². The maximum absolute atomic E-state index is 11.7. The van der Waals surface area contributed by atoms with Gasteiger partial charge in [0.1, 0.15) is 22.9 Å². The minimum Gasteiger partial charge on any atom is -0.505 e. The van der Waals surface area contributed by atoms with E-state index in [1.807, 2.05) is 18.5 Å². The molecule has 0 radical (unpaired) electrons. The largest absolute Gasteiger partial charge is 0.505 e. The Kier molecular flexibility index (Phi) is 6.97. The highest BCUT2D eigenvalue weighted by molar-refractivity contribution is 7.87. The van der Waals surface area contributed by atoms with Gasteiger partial charge >= 0.3 is 0 Å². The zero-order valence-electron chi connectivity index (χ0n) is 18.4. The summed E-state index contributed by atoms with van der Waals surface area (Å²) in [7, 11) is -3.20. The van der Waals surface area contributed by atoms with E-state index in [0.717, 1.165) is 37.6 Å². The Labute approximate surface area is 187 Å². The van der Waals surface area contributed by atoms with Gasteiger partial charge in [-0.3, -0.25) is 9.48 Å². The maximum Gasteiger partial charge on any atom is 0.243 e. The number of nitrogens with zero attached hydrogens (tertiary/aromatic N) is 4. The van der Waals surface area contributed by atoms with Gasteiger partial charge in [-0.05, 0) is 57.7 Å². The molecule has 1 amide bonds. The standard InChI is InChI=1S/C21H28N6O4S/c1-5-20(29)23-15-7-6-8-16(11-15)27-14(3)21(13(2)26-27)25-24-18-10-9-17(12-19(18)28)31-32(4,22)30/h5,9-10,12,15-16,22,28H,1,6-8,11H2,2-4H3,(H,23,29). The molecule has 3 unspecified atom stereocenters. The number of benzene rings is 1. The fourth-order valence-electron chi connectivity index (χ4n) is 3.86. The summed E-state index contributed by atoms with van der Waals surface area (Å²) < 4.78 is 25.7. The van der Waals surface area contributed by atoms with E-state index in [2.05, 4.69) is 27.2 Å². The Hall–Kier alpha value is -3.21. The molecule has 1 aromatic carbocycles. The third-order valence-electron chi connectivity index (χ3n) is 5.27. The molecule has 0 bridgehead atoms. The molecule has 3 rings (SSSR count). The van der Waals surface area contributed by atoms with Crippen LogP contribution in [0.4, 0.5) is 11.4 Å². The molecule has 0 spiro atoms. The van der Waals surface area contributed by atoms with E-state index >= 15 is 0 Å². The molecule has 1 aromatic heterocycles. The second-order valence-corrected chi connectivity index (χ2v) is 9.61. The first kappa shape index (κ1) is 23.5. The fourth-order valence-corrected chi connectivity index (χ4v) is 4.33. The molecule has 1 aliphatic carbocycles. The number of carbonyl (C=O) groups excluding carboxylic acids is 1. The van der Waals surface area contributed by atoms with Gasteiger partial charge in [0.2, 0.25) is 5.91 Å². The van der Waals surface area contributed by atoms with Gasteiger partial charge in [0, 0.05) is 12.1 Å². The van der Waals surface area contributed by atoms with Crippen LogP contribution in [0.15, 0.2) is 41.1 Å². The number of aromatic hydroxyl groups is 1. The van der Waals surface area contributed by atoms with Crippen molar-refractivity contribution in [1.29, 1.82) is 4.78 Å². The molecular formula is C21H28N6O4S. The van der Waals surface area contributed by atoms with Crippen LogP contribution in [0.1, 0.15) is 43.1 Å².